The maximum absolute atomic E-state index is 12.0. The maximum atomic E-state index is 12.0. The molecule has 1 aromatic carbocycles. The monoisotopic (exact) mass is 290 g/mol. The Kier molecular flexibility index (Phi) is 4.96. The predicted molar refractivity (Wildman–Crippen MR) is 81.0 cm³/mol. The number of nitrogens with zero attached hydrogens (tertiary/aromatic N) is 2. The van der Waals surface area contributed by atoms with Crippen LogP contribution >= 0.6 is 11.6 Å². The van der Waals surface area contributed by atoms with Gasteiger partial charge in [0, 0.05) is 25.5 Å². The van der Waals surface area contributed by atoms with Gasteiger partial charge < -0.3 is 0 Å². The van der Waals surface area contributed by atoms with Crippen molar-refractivity contribution in [3.63, 3.8) is 0 Å². The Morgan fingerprint density at radius 2 is 2.00 bits per heavy atom. The molecule has 0 bridgehead atoms. The minimum atomic E-state index is 0.221. The first-order valence-corrected chi connectivity index (χ1v) is 7.19. The lowest BCUT2D eigenvalue weighted by Crippen LogP contribution is -2.04. The molecule has 3 nitrogen and oxygen atoms in total. The highest BCUT2D eigenvalue weighted by Crippen LogP contribution is 2.20. The average molecular weight is 291 g/mol. The third-order valence-electron chi connectivity index (χ3n) is 3.41. The Morgan fingerprint density at radius 1 is 1.30 bits per heavy atom. The molecule has 0 amide bonds. The van der Waals surface area contributed by atoms with E-state index in [1.165, 1.54) is 5.56 Å². The number of ketones is 1. The van der Waals surface area contributed by atoms with Gasteiger partial charge in [-0.2, -0.15) is 5.10 Å². The van der Waals surface area contributed by atoms with Gasteiger partial charge in [-0.1, -0.05) is 41.9 Å². The van der Waals surface area contributed by atoms with Gasteiger partial charge in [-0.3, -0.25) is 9.48 Å². The Labute approximate surface area is 124 Å². The first kappa shape index (κ1) is 14.8. The SMILES string of the molecule is Cc1nn(C)c(Cl)c1CC(=O)CCCc1ccccc1. The molecule has 0 N–H and O–H groups in total. The van der Waals surface area contributed by atoms with E-state index < -0.39 is 0 Å². The Hall–Kier alpha value is -1.61. The smallest absolute Gasteiger partial charge is 0.137 e. The molecule has 20 heavy (non-hydrogen) atoms. The number of hydrogen-bond acceptors (Lipinski definition) is 2. The lowest BCUT2D eigenvalue weighted by molar-refractivity contribution is -0.118. The van der Waals surface area contributed by atoms with Crippen molar-refractivity contribution in [1.29, 1.82) is 0 Å². The minimum Gasteiger partial charge on any atom is -0.299 e. The van der Waals surface area contributed by atoms with E-state index in [0.29, 0.717) is 18.0 Å². The van der Waals surface area contributed by atoms with Crippen LogP contribution in [0.2, 0.25) is 5.15 Å². The van der Waals surface area contributed by atoms with E-state index in [1.807, 2.05) is 25.1 Å². The number of carbonyl (C=O) groups excluding carboxylic acids is 1. The highest BCUT2D eigenvalue weighted by molar-refractivity contribution is 6.30. The molecule has 0 aliphatic carbocycles. The van der Waals surface area contributed by atoms with Crippen LogP contribution in [0, 0.1) is 6.92 Å². The molecule has 1 heterocycles. The van der Waals surface area contributed by atoms with Crippen LogP contribution in [0.25, 0.3) is 0 Å². The van der Waals surface area contributed by atoms with Gasteiger partial charge in [0.15, 0.2) is 0 Å². The Balaban J connectivity index is 1.84. The van der Waals surface area contributed by atoms with Crippen LogP contribution in [0.5, 0.6) is 0 Å². The van der Waals surface area contributed by atoms with Gasteiger partial charge >= 0.3 is 0 Å². The summed E-state index contributed by atoms with van der Waals surface area (Å²) in [6.45, 7) is 1.89. The summed E-state index contributed by atoms with van der Waals surface area (Å²) in [4.78, 5) is 12.0. The van der Waals surface area contributed by atoms with E-state index in [4.69, 9.17) is 11.6 Å². The van der Waals surface area contributed by atoms with E-state index in [-0.39, 0.29) is 5.78 Å². The van der Waals surface area contributed by atoms with Crippen LogP contribution in [0.1, 0.15) is 29.7 Å². The summed E-state index contributed by atoms with van der Waals surface area (Å²) < 4.78 is 1.61. The molecule has 2 rings (SSSR count). The van der Waals surface area contributed by atoms with Crippen LogP contribution < -0.4 is 0 Å². The molecular formula is C16H19ClN2O. The van der Waals surface area contributed by atoms with Crippen molar-refractivity contribution in [2.75, 3.05) is 0 Å². The molecule has 0 atom stereocenters. The molecular weight excluding hydrogens is 272 g/mol. The largest absolute Gasteiger partial charge is 0.299 e. The third-order valence-corrected chi connectivity index (χ3v) is 3.88. The van der Waals surface area contributed by atoms with Crippen LogP contribution in [0.4, 0.5) is 0 Å². The second-order valence-corrected chi connectivity index (χ2v) is 5.39. The van der Waals surface area contributed by atoms with Gasteiger partial charge in [-0.15, -0.1) is 0 Å². The van der Waals surface area contributed by atoms with E-state index >= 15 is 0 Å². The lowest BCUT2D eigenvalue weighted by Gasteiger charge is -2.02. The van der Waals surface area contributed by atoms with Crippen molar-refractivity contribution in [2.45, 2.75) is 32.6 Å². The summed E-state index contributed by atoms with van der Waals surface area (Å²) in [5.41, 5.74) is 2.98. The summed E-state index contributed by atoms with van der Waals surface area (Å²) in [7, 11) is 1.79. The Bertz CT molecular complexity index is 590. The second kappa shape index (κ2) is 6.71. The summed E-state index contributed by atoms with van der Waals surface area (Å²) in [5.74, 6) is 0.221. The number of aryl methyl sites for hydroxylation is 3. The molecule has 0 radical (unpaired) electrons. The second-order valence-electron chi connectivity index (χ2n) is 5.03. The fraction of sp³-hybridized carbons (Fsp3) is 0.375. The number of halogens is 1. The van der Waals surface area contributed by atoms with Gasteiger partial charge in [-0.25, -0.2) is 0 Å². The van der Waals surface area contributed by atoms with Crippen LogP contribution in [-0.2, 0) is 24.7 Å². The molecule has 0 aliphatic heterocycles. The van der Waals surface area contributed by atoms with Crippen molar-refractivity contribution >= 4 is 17.4 Å². The number of rotatable bonds is 6. The molecule has 2 aromatic rings. The van der Waals surface area contributed by atoms with Gasteiger partial charge in [-0.05, 0) is 25.3 Å². The fourth-order valence-corrected chi connectivity index (χ4v) is 2.54. The highest BCUT2D eigenvalue weighted by atomic mass is 35.5. The summed E-state index contributed by atoms with van der Waals surface area (Å²) in [6, 6.07) is 10.2. The average Bonchev–Trinajstić information content (AvgIpc) is 2.67. The van der Waals surface area contributed by atoms with Gasteiger partial charge in [0.1, 0.15) is 10.9 Å². The number of benzene rings is 1. The first-order chi connectivity index (χ1) is 9.58. The molecule has 106 valence electrons. The summed E-state index contributed by atoms with van der Waals surface area (Å²) in [6.07, 6.45) is 2.78. The van der Waals surface area contributed by atoms with Crippen molar-refractivity contribution < 1.29 is 4.79 Å². The van der Waals surface area contributed by atoms with E-state index in [0.717, 1.165) is 24.1 Å². The van der Waals surface area contributed by atoms with Crippen molar-refractivity contribution in [2.24, 2.45) is 7.05 Å². The standard InChI is InChI=1S/C16H19ClN2O/c1-12-15(16(17)19(2)18-12)11-14(20)10-6-9-13-7-4-3-5-8-13/h3-5,7-8H,6,9-11H2,1-2H3. The van der Waals surface area contributed by atoms with Crippen molar-refractivity contribution in [3.8, 4) is 0 Å². The molecule has 0 saturated heterocycles. The van der Waals surface area contributed by atoms with Crippen LogP contribution in [0.15, 0.2) is 30.3 Å². The van der Waals surface area contributed by atoms with E-state index in [2.05, 4.69) is 17.2 Å². The third kappa shape index (κ3) is 3.70. The Morgan fingerprint density at radius 3 is 2.60 bits per heavy atom. The predicted octanol–water partition coefficient (Wildman–Crippen LogP) is 3.52. The van der Waals surface area contributed by atoms with Gasteiger partial charge in [0.2, 0.25) is 0 Å². The molecule has 1 aromatic heterocycles. The first-order valence-electron chi connectivity index (χ1n) is 6.81. The molecule has 0 spiro atoms. The number of Topliss-reactive ketones (excluding diaryl/α,β-unsaturated/α-hetero) is 1. The topological polar surface area (TPSA) is 34.9 Å². The summed E-state index contributed by atoms with van der Waals surface area (Å²) in [5, 5.41) is 4.79. The molecule has 0 fully saturated rings. The van der Waals surface area contributed by atoms with E-state index in [9.17, 15) is 4.79 Å². The van der Waals surface area contributed by atoms with E-state index in [1.54, 1.807) is 11.7 Å². The van der Waals surface area contributed by atoms with Crippen molar-refractivity contribution in [1.82, 2.24) is 9.78 Å². The zero-order chi connectivity index (χ0) is 14.5. The molecule has 4 heteroatoms. The molecule has 0 unspecified atom stereocenters. The normalized spacial score (nSPS) is 10.8. The number of carbonyl (C=O) groups is 1. The van der Waals surface area contributed by atoms with Gasteiger partial charge in [0.05, 0.1) is 5.69 Å². The quantitative estimate of drug-likeness (QED) is 0.816. The zero-order valence-electron chi connectivity index (χ0n) is 11.9. The summed E-state index contributed by atoms with van der Waals surface area (Å²) >= 11 is 6.14. The lowest BCUT2D eigenvalue weighted by atomic mass is 10.0. The maximum Gasteiger partial charge on any atom is 0.137 e. The van der Waals surface area contributed by atoms with Gasteiger partial charge in [0.25, 0.3) is 0 Å². The van der Waals surface area contributed by atoms with Crippen molar-refractivity contribution in [3.05, 3.63) is 52.3 Å². The minimum absolute atomic E-state index is 0.221. The molecule has 0 aliphatic rings. The zero-order valence-corrected chi connectivity index (χ0v) is 12.7. The molecule has 0 saturated carbocycles. The van der Waals surface area contributed by atoms with Crippen LogP contribution in [-0.4, -0.2) is 15.6 Å². The number of aromatic nitrogens is 2. The number of hydrogen-bond donors (Lipinski definition) is 0. The highest BCUT2D eigenvalue weighted by Gasteiger charge is 2.14. The fourth-order valence-electron chi connectivity index (χ4n) is 2.29. The van der Waals surface area contributed by atoms with Crippen LogP contribution in [0.3, 0.4) is 0 Å².